The SMILES string of the molecule is N#CC=C1C=CC(=O)C(O)=C1. The minimum Gasteiger partial charge on any atom is -0.504 e. The lowest BCUT2D eigenvalue weighted by atomic mass is 10.1. The molecule has 11 heavy (non-hydrogen) atoms. The molecule has 0 spiro atoms. The van der Waals surface area contributed by atoms with Crippen molar-refractivity contribution in [1.82, 2.24) is 0 Å². The summed E-state index contributed by atoms with van der Waals surface area (Å²) in [5.41, 5.74) is 0.532. The molecule has 1 aliphatic rings. The molecule has 0 aliphatic heterocycles. The third-order valence-electron chi connectivity index (χ3n) is 1.21. The van der Waals surface area contributed by atoms with Gasteiger partial charge in [0.2, 0.25) is 5.78 Å². The number of nitriles is 1. The molecule has 54 valence electrons. The Bertz CT molecular complexity index is 315. The van der Waals surface area contributed by atoms with Crippen LogP contribution in [0, 0.1) is 11.3 Å². The van der Waals surface area contributed by atoms with Crippen LogP contribution < -0.4 is 0 Å². The normalized spacial score (nSPS) is 19.7. The van der Waals surface area contributed by atoms with Gasteiger partial charge in [0.1, 0.15) is 0 Å². The molecule has 0 amide bonds. The molecule has 0 fully saturated rings. The van der Waals surface area contributed by atoms with Gasteiger partial charge in [-0.05, 0) is 17.7 Å². The highest BCUT2D eigenvalue weighted by Crippen LogP contribution is 2.09. The standard InChI is InChI=1S/C8H5NO2/c9-4-3-6-1-2-7(10)8(11)5-6/h1-3,5,11H. The summed E-state index contributed by atoms with van der Waals surface area (Å²) in [7, 11) is 0. The van der Waals surface area contributed by atoms with Crippen molar-refractivity contribution in [2.75, 3.05) is 0 Å². The van der Waals surface area contributed by atoms with E-state index in [1.54, 1.807) is 6.07 Å². The number of allylic oxidation sites excluding steroid dienone is 5. The van der Waals surface area contributed by atoms with Gasteiger partial charge in [0.05, 0.1) is 6.07 Å². The Morgan fingerprint density at radius 1 is 1.55 bits per heavy atom. The fourth-order valence-electron chi connectivity index (χ4n) is 0.699. The van der Waals surface area contributed by atoms with Gasteiger partial charge in [0, 0.05) is 6.08 Å². The number of aliphatic hydroxyl groups is 1. The number of carbonyl (C=O) groups is 1. The fourth-order valence-corrected chi connectivity index (χ4v) is 0.699. The lowest BCUT2D eigenvalue weighted by Crippen LogP contribution is -2.01. The molecule has 3 heteroatoms. The van der Waals surface area contributed by atoms with E-state index in [1.165, 1.54) is 24.3 Å². The molecule has 0 saturated carbocycles. The van der Waals surface area contributed by atoms with Crippen LogP contribution in [-0.4, -0.2) is 10.9 Å². The van der Waals surface area contributed by atoms with Gasteiger partial charge >= 0.3 is 0 Å². The van der Waals surface area contributed by atoms with Gasteiger partial charge in [-0.2, -0.15) is 5.26 Å². The summed E-state index contributed by atoms with van der Waals surface area (Å²) in [5.74, 6) is -0.755. The zero-order valence-electron chi connectivity index (χ0n) is 5.61. The van der Waals surface area contributed by atoms with E-state index in [2.05, 4.69) is 0 Å². The Morgan fingerprint density at radius 2 is 2.27 bits per heavy atom. The van der Waals surface area contributed by atoms with Crippen LogP contribution in [0.5, 0.6) is 0 Å². The molecule has 0 aromatic rings. The predicted octanol–water partition coefficient (Wildman–Crippen LogP) is 1.02. The Labute approximate surface area is 63.6 Å². The van der Waals surface area contributed by atoms with Crippen LogP contribution in [0.4, 0.5) is 0 Å². The largest absolute Gasteiger partial charge is 0.504 e. The summed E-state index contributed by atoms with van der Waals surface area (Å²) >= 11 is 0. The number of aliphatic hydroxyl groups excluding tert-OH is 1. The van der Waals surface area contributed by atoms with Gasteiger partial charge in [-0.25, -0.2) is 0 Å². The number of hydrogen-bond donors (Lipinski definition) is 1. The quantitative estimate of drug-likeness (QED) is 0.520. The van der Waals surface area contributed by atoms with E-state index in [0.29, 0.717) is 5.57 Å². The van der Waals surface area contributed by atoms with E-state index >= 15 is 0 Å². The first kappa shape index (κ1) is 7.29. The van der Waals surface area contributed by atoms with E-state index in [-0.39, 0.29) is 5.76 Å². The van der Waals surface area contributed by atoms with Crippen molar-refractivity contribution in [2.24, 2.45) is 0 Å². The fraction of sp³-hybridized carbons (Fsp3) is 0. The van der Waals surface area contributed by atoms with E-state index in [4.69, 9.17) is 10.4 Å². The minimum absolute atomic E-state index is 0.325. The van der Waals surface area contributed by atoms with Crippen LogP contribution in [0.3, 0.4) is 0 Å². The first-order chi connectivity index (χ1) is 5.24. The summed E-state index contributed by atoms with van der Waals surface area (Å²) in [6.45, 7) is 0. The average Bonchev–Trinajstić information content (AvgIpc) is 1.98. The number of rotatable bonds is 0. The smallest absolute Gasteiger partial charge is 0.220 e. The molecule has 0 saturated heterocycles. The molecule has 0 aromatic carbocycles. The number of carbonyl (C=O) groups excluding carboxylic acids is 1. The molecule has 1 aliphatic carbocycles. The second-order valence-electron chi connectivity index (χ2n) is 2.00. The Balaban J connectivity index is 2.97. The number of nitrogens with zero attached hydrogens (tertiary/aromatic N) is 1. The zero-order valence-corrected chi connectivity index (χ0v) is 5.61. The molecule has 0 heterocycles. The molecule has 1 rings (SSSR count). The lowest BCUT2D eigenvalue weighted by molar-refractivity contribution is -0.113. The molecule has 0 atom stereocenters. The second kappa shape index (κ2) is 2.84. The van der Waals surface area contributed by atoms with Crippen molar-refractivity contribution in [3.8, 4) is 6.07 Å². The molecular formula is C8H5NO2. The molecule has 0 radical (unpaired) electrons. The maximum absolute atomic E-state index is 10.6. The molecule has 1 N–H and O–H groups in total. The number of ketones is 1. The molecule has 3 nitrogen and oxygen atoms in total. The molecule has 0 unspecified atom stereocenters. The maximum Gasteiger partial charge on any atom is 0.220 e. The van der Waals surface area contributed by atoms with Gasteiger partial charge in [-0.3, -0.25) is 4.79 Å². The maximum atomic E-state index is 10.6. The van der Waals surface area contributed by atoms with Gasteiger partial charge in [-0.1, -0.05) is 6.08 Å². The van der Waals surface area contributed by atoms with E-state index in [9.17, 15) is 4.79 Å². The van der Waals surface area contributed by atoms with E-state index < -0.39 is 5.78 Å². The summed E-state index contributed by atoms with van der Waals surface area (Å²) in [6, 6.07) is 1.79. The highest BCUT2D eigenvalue weighted by molar-refractivity contribution is 6.04. The summed E-state index contributed by atoms with van der Waals surface area (Å²) in [6.07, 6.45) is 5.20. The average molecular weight is 147 g/mol. The van der Waals surface area contributed by atoms with Crippen LogP contribution in [-0.2, 0) is 4.79 Å². The van der Waals surface area contributed by atoms with Crippen molar-refractivity contribution in [1.29, 1.82) is 5.26 Å². The highest BCUT2D eigenvalue weighted by atomic mass is 16.3. The second-order valence-corrected chi connectivity index (χ2v) is 2.00. The third kappa shape index (κ3) is 1.55. The number of hydrogen-bond acceptors (Lipinski definition) is 3. The van der Waals surface area contributed by atoms with Crippen LogP contribution in [0.2, 0.25) is 0 Å². The van der Waals surface area contributed by atoms with Crippen LogP contribution in [0.25, 0.3) is 0 Å². The first-order valence-corrected chi connectivity index (χ1v) is 2.97. The Kier molecular flexibility index (Phi) is 1.88. The minimum atomic E-state index is -0.430. The van der Waals surface area contributed by atoms with Crippen LogP contribution in [0.1, 0.15) is 0 Å². The lowest BCUT2D eigenvalue weighted by Gasteiger charge is -2.00. The monoisotopic (exact) mass is 147 g/mol. The topological polar surface area (TPSA) is 61.1 Å². The van der Waals surface area contributed by atoms with Gasteiger partial charge < -0.3 is 5.11 Å². The van der Waals surface area contributed by atoms with E-state index in [1.807, 2.05) is 0 Å². The van der Waals surface area contributed by atoms with Crippen molar-refractivity contribution in [3.05, 3.63) is 35.6 Å². The summed E-state index contributed by atoms with van der Waals surface area (Å²) in [4.78, 5) is 10.6. The van der Waals surface area contributed by atoms with Gasteiger partial charge in [0.25, 0.3) is 0 Å². The highest BCUT2D eigenvalue weighted by Gasteiger charge is 2.07. The molecule has 0 bridgehead atoms. The Hall–Kier alpha value is -1.82. The van der Waals surface area contributed by atoms with Crippen molar-refractivity contribution < 1.29 is 9.90 Å². The third-order valence-corrected chi connectivity index (χ3v) is 1.21. The van der Waals surface area contributed by atoms with E-state index in [0.717, 1.165) is 0 Å². The van der Waals surface area contributed by atoms with Gasteiger partial charge in [0.15, 0.2) is 5.76 Å². The summed E-state index contributed by atoms with van der Waals surface area (Å²) in [5, 5.41) is 17.1. The predicted molar refractivity (Wildman–Crippen MR) is 38.6 cm³/mol. The van der Waals surface area contributed by atoms with Crippen LogP contribution in [0.15, 0.2) is 35.6 Å². The van der Waals surface area contributed by atoms with Crippen molar-refractivity contribution >= 4 is 5.78 Å². The summed E-state index contributed by atoms with van der Waals surface area (Å²) < 4.78 is 0. The molecule has 0 aromatic heterocycles. The van der Waals surface area contributed by atoms with Crippen LogP contribution >= 0.6 is 0 Å². The first-order valence-electron chi connectivity index (χ1n) is 2.97. The Morgan fingerprint density at radius 3 is 2.82 bits per heavy atom. The zero-order chi connectivity index (χ0) is 8.27. The molecular weight excluding hydrogens is 142 g/mol. The van der Waals surface area contributed by atoms with Crippen molar-refractivity contribution in [2.45, 2.75) is 0 Å². The van der Waals surface area contributed by atoms with Crippen molar-refractivity contribution in [3.63, 3.8) is 0 Å². The van der Waals surface area contributed by atoms with Gasteiger partial charge in [-0.15, -0.1) is 0 Å².